The largest absolute Gasteiger partial charge is 0.493 e. The molecule has 2 aromatic carbocycles. The Bertz CT molecular complexity index is 974. The standard InChI is InChI=1S/C20H23F3N4O3/c1-10(11-5-12(20(21,22)23)7-13(24)6-11)27-18(25)14-8-16(29-3)17(30-4)9-15(14)19(28)26-2/h5-10H,24H2,1-4H3,(H2,25,27)(H,26,28)/t10-/m1/s1. The molecule has 0 aromatic heterocycles. The van der Waals surface area contributed by atoms with Gasteiger partial charge in [-0.15, -0.1) is 0 Å². The van der Waals surface area contributed by atoms with E-state index in [-0.39, 0.29) is 28.2 Å². The predicted molar refractivity (Wildman–Crippen MR) is 108 cm³/mol. The molecule has 0 saturated heterocycles. The van der Waals surface area contributed by atoms with Crippen LogP contribution < -0.4 is 26.3 Å². The molecule has 1 atom stereocenters. The molecule has 0 saturated carbocycles. The van der Waals surface area contributed by atoms with Crippen molar-refractivity contribution in [1.29, 1.82) is 0 Å². The van der Waals surface area contributed by atoms with Gasteiger partial charge in [0.2, 0.25) is 0 Å². The third-order valence-electron chi connectivity index (χ3n) is 4.39. The second-order valence-corrected chi connectivity index (χ2v) is 6.41. The Hall–Kier alpha value is -3.43. The van der Waals surface area contributed by atoms with Gasteiger partial charge in [-0.05, 0) is 42.8 Å². The van der Waals surface area contributed by atoms with Gasteiger partial charge in [-0.1, -0.05) is 0 Å². The van der Waals surface area contributed by atoms with E-state index in [2.05, 4.69) is 10.3 Å². The molecule has 0 spiro atoms. The zero-order valence-electron chi connectivity index (χ0n) is 16.9. The van der Waals surface area contributed by atoms with Crippen molar-refractivity contribution in [3.05, 3.63) is 52.6 Å². The number of hydrogen-bond acceptors (Lipinski definition) is 5. The number of nitrogens with zero attached hydrogens (tertiary/aromatic N) is 1. The van der Waals surface area contributed by atoms with Crippen molar-refractivity contribution in [3.63, 3.8) is 0 Å². The van der Waals surface area contributed by atoms with Gasteiger partial charge in [-0.2, -0.15) is 13.2 Å². The molecule has 0 fully saturated rings. The van der Waals surface area contributed by atoms with Gasteiger partial charge in [0.25, 0.3) is 5.91 Å². The van der Waals surface area contributed by atoms with Crippen molar-refractivity contribution in [1.82, 2.24) is 5.32 Å². The van der Waals surface area contributed by atoms with Crippen LogP contribution in [0.5, 0.6) is 11.5 Å². The van der Waals surface area contributed by atoms with Gasteiger partial charge in [-0.3, -0.25) is 9.79 Å². The number of nitrogen functional groups attached to an aromatic ring is 1. The fourth-order valence-corrected chi connectivity index (χ4v) is 2.85. The number of ether oxygens (including phenoxy) is 2. The average Bonchev–Trinajstić information content (AvgIpc) is 2.70. The van der Waals surface area contributed by atoms with Crippen LogP contribution in [0.3, 0.4) is 0 Å². The highest BCUT2D eigenvalue weighted by atomic mass is 19.4. The summed E-state index contributed by atoms with van der Waals surface area (Å²) in [5, 5.41) is 2.49. The second kappa shape index (κ2) is 8.93. The second-order valence-electron chi connectivity index (χ2n) is 6.41. The number of rotatable bonds is 6. The summed E-state index contributed by atoms with van der Waals surface area (Å²) in [6.45, 7) is 1.57. The molecule has 1 amide bonds. The number of amides is 1. The first-order chi connectivity index (χ1) is 14.0. The number of nitrogens with two attached hydrogens (primary N) is 2. The van der Waals surface area contributed by atoms with Crippen LogP contribution in [-0.2, 0) is 6.18 Å². The van der Waals surface area contributed by atoms with Crippen LogP contribution in [0.15, 0.2) is 35.3 Å². The zero-order chi connectivity index (χ0) is 22.6. The first kappa shape index (κ1) is 22.9. The molecule has 0 aliphatic carbocycles. The van der Waals surface area contributed by atoms with E-state index in [1.165, 1.54) is 39.5 Å². The highest BCUT2D eigenvalue weighted by molar-refractivity contribution is 6.09. The van der Waals surface area contributed by atoms with E-state index in [1.54, 1.807) is 6.92 Å². The molecule has 7 nitrogen and oxygen atoms in total. The lowest BCUT2D eigenvalue weighted by molar-refractivity contribution is -0.137. The number of benzene rings is 2. The molecule has 2 aromatic rings. The summed E-state index contributed by atoms with van der Waals surface area (Å²) in [6.07, 6.45) is -4.55. The highest BCUT2D eigenvalue weighted by Gasteiger charge is 2.31. The number of aliphatic imine (C=N–C) groups is 1. The molecule has 162 valence electrons. The molecule has 10 heteroatoms. The zero-order valence-corrected chi connectivity index (χ0v) is 16.9. The molecular weight excluding hydrogens is 401 g/mol. The number of alkyl halides is 3. The Morgan fingerprint density at radius 2 is 1.63 bits per heavy atom. The topological polar surface area (TPSA) is 112 Å². The molecule has 30 heavy (non-hydrogen) atoms. The highest BCUT2D eigenvalue weighted by Crippen LogP contribution is 2.34. The number of hydrogen-bond donors (Lipinski definition) is 3. The summed E-state index contributed by atoms with van der Waals surface area (Å²) < 4.78 is 49.7. The quantitative estimate of drug-likeness (QED) is 0.375. The van der Waals surface area contributed by atoms with Crippen LogP contribution in [0.25, 0.3) is 0 Å². The van der Waals surface area contributed by atoms with Crippen LogP contribution >= 0.6 is 0 Å². The monoisotopic (exact) mass is 424 g/mol. The lowest BCUT2D eigenvalue weighted by atomic mass is 10.0. The predicted octanol–water partition coefficient (Wildman–Crippen LogP) is 3.13. The molecule has 2 rings (SSSR count). The van der Waals surface area contributed by atoms with Gasteiger partial charge >= 0.3 is 6.18 Å². The minimum Gasteiger partial charge on any atom is -0.493 e. The molecule has 0 aliphatic heterocycles. The van der Waals surface area contributed by atoms with Gasteiger partial charge in [0.1, 0.15) is 5.84 Å². The van der Waals surface area contributed by atoms with E-state index in [4.69, 9.17) is 20.9 Å². The van der Waals surface area contributed by atoms with Crippen LogP contribution in [0.4, 0.5) is 18.9 Å². The lowest BCUT2D eigenvalue weighted by Gasteiger charge is -2.16. The first-order valence-electron chi connectivity index (χ1n) is 8.81. The Balaban J connectivity index is 2.55. The SMILES string of the molecule is CNC(=O)c1cc(OC)c(OC)cc1C(N)=N[C@H](C)c1cc(N)cc(C(F)(F)F)c1. The molecule has 0 unspecified atom stereocenters. The molecule has 0 aliphatic rings. The van der Waals surface area contributed by atoms with Gasteiger partial charge in [-0.25, -0.2) is 0 Å². The van der Waals surface area contributed by atoms with E-state index in [0.29, 0.717) is 11.5 Å². The molecule has 5 N–H and O–H groups in total. The van der Waals surface area contributed by atoms with E-state index in [1.807, 2.05) is 0 Å². The number of carbonyl (C=O) groups excluding carboxylic acids is 1. The van der Waals surface area contributed by atoms with Crippen molar-refractivity contribution in [2.75, 3.05) is 27.0 Å². The van der Waals surface area contributed by atoms with Crippen molar-refractivity contribution >= 4 is 17.4 Å². The fourth-order valence-electron chi connectivity index (χ4n) is 2.85. The van der Waals surface area contributed by atoms with Crippen molar-refractivity contribution in [2.45, 2.75) is 19.1 Å². The van der Waals surface area contributed by atoms with Gasteiger partial charge in [0.05, 0.1) is 31.4 Å². The molecule has 0 radical (unpaired) electrons. The van der Waals surface area contributed by atoms with Crippen LogP contribution in [0, 0.1) is 0 Å². The smallest absolute Gasteiger partial charge is 0.416 e. The Kier molecular flexibility index (Phi) is 6.81. The number of halogens is 3. The Labute approximate surface area is 171 Å². The van der Waals surface area contributed by atoms with Crippen LogP contribution in [0.1, 0.15) is 40.0 Å². The summed E-state index contributed by atoms with van der Waals surface area (Å²) in [4.78, 5) is 16.6. The summed E-state index contributed by atoms with van der Waals surface area (Å²) >= 11 is 0. The maximum Gasteiger partial charge on any atom is 0.416 e. The van der Waals surface area contributed by atoms with E-state index in [9.17, 15) is 18.0 Å². The van der Waals surface area contributed by atoms with E-state index >= 15 is 0 Å². The summed E-state index contributed by atoms with van der Waals surface area (Å²) in [5.74, 6) is 0.124. The Morgan fingerprint density at radius 3 is 2.13 bits per heavy atom. The summed E-state index contributed by atoms with van der Waals surface area (Å²) in [6, 6.07) is 5.37. The van der Waals surface area contributed by atoms with Crippen molar-refractivity contribution in [3.8, 4) is 11.5 Å². The number of amidine groups is 1. The van der Waals surface area contributed by atoms with E-state index < -0.39 is 23.7 Å². The fraction of sp³-hybridized carbons (Fsp3) is 0.300. The third kappa shape index (κ3) is 4.94. The number of nitrogens with one attached hydrogen (secondary N) is 1. The molecule has 0 heterocycles. The molecule has 0 bridgehead atoms. The van der Waals surface area contributed by atoms with Gasteiger partial charge in [0, 0.05) is 18.3 Å². The van der Waals surface area contributed by atoms with Crippen molar-refractivity contribution < 1.29 is 27.4 Å². The number of carbonyl (C=O) groups is 1. The lowest BCUT2D eigenvalue weighted by Crippen LogP contribution is -2.25. The van der Waals surface area contributed by atoms with Crippen LogP contribution in [0.2, 0.25) is 0 Å². The van der Waals surface area contributed by atoms with Crippen LogP contribution in [-0.4, -0.2) is 33.0 Å². The maximum absolute atomic E-state index is 13.1. The van der Waals surface area contributed by atoms with Crippen molar-refractivity contribution in [2.24, 2.45) is 10.7 Å². The molecular formula is C20H23F3N4O3. The normalized spacial score (nSPS) is 13.0. The number of anilines is 1. The Morgan fingerprint density at radius 1 is 1.07 bits per heavy atom. The minimum atomic E-state index is -4.55. The third-order valence-corrected chi connectivity index (χ3v) is 4.39. The van der Waals surface area contributed by atoms with E-state index in [0.717, 1.165) is 12.1 Å². The number of methoxy groups -OCH3 is 2. The maximum atomic E-state index is 13.1. The first-order valence-corrected chi connectivity index (χ1v) is 8.81. The summed E-state index contributed by atoms with van der Waals surface area (Å²) in [7, 11) is 4.29. The summed E-state index contributed by atoms with van der Waals surface area (Å²) in [5.41, 5.74) is 11.5. The minimum absolute atomic E-state index is 0.0439. The average molecular weight is 424 g/mol. The van der Waals surface area contributed by atoms with Gasteiger partial charge in [0.15, 0.2) is 11.5 Å². The van der Waals surface area contributed by atoms with Gasteiger partial charge < -0.3 is 26.3 Å².